The summed E-state index contributed by atoms with van der Waals surface area (Å²) < 4.78 is 11.4. The molecular weight excluding hydrogens is 552 g/mol. The Hall–Kier alpha value is -4.20. The predicted octanol–water partition coefficient (Wildman–Crippen LogP) is 7.59. The molecule has 2 aliphatic rings. The Balaban J connectivity index is 1.47. The van der Waals surface area contributed by atoms with Gasteiger partial charge >= 0.3 is 6.09 Å². The maximum Gasteiger partial charge on any atom is 0.417 e. The monoisotopic (exact) mass is 594 g/mol. The van der Waals surface area contributed by atoms with Gasteiger partial charge in [-0.1, -0.05) is 61.7 Å². The Morgan fingerprint density at radius 2 is 1.70 bits per heavy atom. The predicted molar refractivity (Wildman–Crippen MR) is 170 cm³/mol. The topological polar surface area (TPSA) is 97.4 Å². The van der Waals surface area contributed by atoms with Crippen molar-refractivity contribution in [3.63, 3.8) is 0 Å². The van der Waals surface area contributed by atoms with Crippen molar-refractivity contribution in [1.82, 2.24) is 19.9 Å². The van der Waals surface area contributed by atoms with Crippen LogP contribution in [-0.4, -0.2) is 51.1 Å². The minimum absolute atomic E-state index is 0.120. The van der Waals surface area contributed by atoms with Crippen LogP contribution in [-0.2, 0) is 9.53 Å². The van der Waals surface area contributed by atoms with Gasteiger partial charge in [-0.2, -0.15) is 0 Å². The van der Waals surface area contributed by atoms with Gasteiger partial charge in [-0.15, -0.1) is 0 Å². The quantitative estimate of drug-likeness (QED) is 0.237. The van der Waals surface area contributed by atoms with Gasteiger partial charge in [-0.25, -0.2) is 14.7 Å². The summed E-state index contributed by atoms with van der Waals surface area (Å²) in [5.41, 5.74) is 3.98. The summed E-state index contributed by atoms with van der Waals surface area (Å²) in [4.78, 5) is 41.6. The molecule has 3 atom stereocenters. The third kappa shape index (κ3) is 5.94. The van der Waals surface area contributed by atoms with E-state index >= 15 is 0 Å². The van der Waals surface area contributed by atoms with Gasteiger partial charge in [0.25, 0.3) is 0 Å². The summed E-state index contributed by atoms with van der Waals surface area (Å²) in [6.07, 6.45) is 9.51. The molecule has 8 nitrogen and oxygen atoms in total. The number of methoxy groups -OCH3 is 1. The number of carbonyl (C=O) groups excluding carboxylic acids is 2. The molecule has 2 aromatic heterocycles. The summed E-state index contributed by atoms with van der Waals surface area (Å²) in [5.74, 6) is 1.14. The number of hydrogen-bond acceptors (Lipinski definition) is 6. The first kappa shape index (κ1) is 29.9. The van der Waals surface area contributed by atoms with E-state index in [2.05, 4.69) is 40.3 Å². The lowest BCUT2D eigenvalue weighted by Crippen LogP contribution is -2.39. The molecule has 2 aromatic carbocycles. The van der Waals surface area contributed by atoms with Gasteiger partial charge in [-0.3, -0.25) is 9.78 Å². The van der Waals surface area contributed by atoms with E-state index in [1.807, 2.05) is 30.5 Å². The zero-order valence-corrected chi connectivity index (χ0v) is 26.1. The second kappa shape index (κ2) is 12.4. The van der Waals surface area contributed by atoms with Gasteiger partial charge in [0.1, 0.15) is 22.7 Å². The highest BCUT2D eigenvalue weighted by Crippen LogP contribution is 2.45. The maximum atomic E-state index is 13.9. The van der Waals surface area contributed by atoms with Crippen molar-refractivity contribution in [2.45, 2.75) is 76.7 Å². The molecule has 8 heteroatoms. The molecule has 3 unspecified atom stereocenters. The maximum absolute atomic E-state index is 13.9. The zero-order chi connectivity index (χ0) is 30.8. The molecule has 2 fully saturated rings. The number of amides is 2. The molecule has 1 aliphatic heterocycles. The van der Waals surface area contributed by atoms with Crippen LogP contribution in [0.5, 0.6) is 5.75 Å². The summed E-state index contributed by atoms with van der Waals surface area (Å²) in [7, 11) is 1.67. The van der Waals surface area contributed by atoms with Gasteiger partial charge in [-0.05, 0) is 74.8 Å². The lowest BCUT2D eigenvalue weighted by Gasteiger charge is -2.29. The molecule has 2 amide bonds. The van der Waals surface area contributed by atoms with Gasteiger partial charge in [0.15, 0.2) is 0 Å². The average Bonchev–Trinajstić information content (AvgIpc) is 3.63. The molecule has 230 valence electrons. The molecular formula is C36H42N4O4. The number of imidazole rings is 1. The summed E-state index contributed by atoms with van der Waals surface area (Å²) in [5, 5.41) is 0. The first-order valence-corrected chi connectivity index (χ1v) is 15.8. The number of ether oxygens (including phenoxy) is 2. The van der Waals surface area contributed by atoms with E-state index in [-0.39, 0.29) is 17.7 Å². The SMILES string of the molecule is COc1ccc(C(c2cccnc2)C2CCN(C(=O)OC(C)(C)C)C2=O)c2nc(C(c3ccccc3)C3CCCCC3)[nH]c12. The molecule has 1 saturated heterocycles. The fourth-order valence-corrected chi connectivity index (χ4v) is 7.15. The number of H-pyrrole nitrogens is 1. The lowest BCUT2D eigenvalue weighted by atomic mass is 9.76. The molecule has 0 bridgehead atoms. The molecule has 3 heterocycles. The van der Waals surface area contributed by atoms with Crippen LogP contribution >= 0.6 is 0 Å². The third-order valence-electron chi connectivity index (χ3n) is 9.09. The summed E-state index contributed by atoms with van der Waals surface area (Å²) >= 11 is 0. The molecule has 44 heavy (non-hydrogen) atoms. The van der Waals surface area contributed by atoms with Crippen molar-refractivity contribution >= 4 is 23.0 Å². The molecule has 0 spiro atoms. The molecule has 1 N–H and O–H groups in total. The van der Waals surface area contributed by atoms with E-state index in [0.717, 1.165) is 40.8 Å². The Kier molecular flexibility index (Phi) is 8.43. The number of likely N-dealkylation sites (tertiary alicyclic amines) is 1. The summed E-state index contributed by atoms with van der Waals surface area (Å²) in [6, 6.07) is 18.5. The lowest BCUT2D eigenvalue weighted by molar-refractivity contribution is -0.130. The first-order valence-electron chi connectivity index (χ1n) is 15.8. The Labute approximate surface area is 259 Å². The highest BCUT2D eigenvalue weighted by atomic mass is 16.6. The second-order valence-corrected chi connectivity index (χ2v) is 13.1. The standard InChI is InChI=1S/C36H42N4O4/c1-36(2,3)44-35(42)40-21-19-27(34(40)41)30(25-16-11-20-37-22-25)26-17-18-28(43-4)32-31(26)38-33(39-32)29(23-12-7-5-8-13-23)24-14-9-6-10-15-24/h5,7-8,11-13,16-18,20,22,24,27,29-30H,6,9-10,14-15,19,21H2,1-4H3,(H,38,39). The van der Waals surface area contributed by atoms with Crippen LogP contribution in [0.1, 0.15) is 93.6 Å². The van der Waals surface area contributed by atoms with Crippen LogP contribution in [0.15, 0.2) is 67.0 Å². The minimum Gasteiger partial charge on any atom is -0.494 e. The number of pyridine rings is 1. The van der Waals surface area contributed by atoms with Crippen LogP contribution in [0.4, 0.5) is 4.79 Å². The highest BCUT2D eigenvalue weighted by Gasteiger charge is 2.44. The number of nitrogens with one attached hydrogen (secondary N) is 1. The van der Waals surface area contributed by atoms with Crippen LogP contribution in [0.2, 0.25) is 0 Å². The third-order valence-corrected chi connectivity index (χ3v) is 9.09. The van der Waals surface area contributed by atoms with E-state index in [4.69, 9.17) is 14.5 Å². The number of hydrogen-bond donors (Lipinski definition) is 1. The normalized spacial score (nSPS) is 19.2. The van der Waals surface area contributed by atoms with Crippen LogP contribution in [0.25, 0.3) is 11.0 Å². The minimum atomic E-state index is -0.695. The van der Waals surface area contributed by atoms with Crippen LogP contribution in [0.3, 0.4) is 0 Å². The van der Waals surface area contributed by atoms with Gasteiger partial charge in [0, 0.05) is 30.8 Å². The number of fused-ring (bicyclic) bond motifs is 1. The molecule has 0 radical (unpaired) electrons. The average molecular weight is 595 g/mol. The second-order valence-electron chi connectivity index (χ2n) is 13.1. The number of nitrogens with zero attached hydrogens (tertiary/aromatic N) is 3. The van der Waals surface area contributed by atoms with E-state index in [1.54, 1.807) is 34.1 Å². The zero-order valence-electron chi connectivity index (χ0n) is 26.1. The number of aromatic nitrogens is 3. The fraction of sp³-hybridized carbons (Fsp3) is 0.444. The van der Waals surface area contributed by atoms with E-state index in [1.165, 1.54) is 29.7 Å². The van der Waals surface area contributed by atoms with Crippen LogP contribution in [0, 0.1) is 11.8 Å². The number of imide groups is 1. The number of carbonyl (C=O) groups is 2. The molecule has 1 saturated carbocycles. The van der Waals surface area contributed by atoms with Crippen molar-refractivity contribution in [1.29, 1.82) is 0 Å². The number of rotatable bonds is 7. The van der Waals surface area contributed by atoms with E-state index in [0.29, 0.717) is 24.6 Å². The van der Waals surface area contributed by atoms with E-state index in [9.17, 15) is 9.59 Å². The van der Waals surface area contributed by atoms with Crippen molar-refractivity contribution in [3.05, 3.63) is 89.5 Å². The smallest absolute Gasteiger partial charge is 0.417 e. The van der Waals surface area contributed by atoms with Crippen LogP contribution < -0.4 is 4.74 Å². The largest absolute Gasteiger partial charge is 0.494 e. The number of aromatic amines is 1. The first-order chi connectivity index (χ1) is 21.2. The van der Waals surface area contributed by atoms with Gasteiger partial charge in [0.2, 0.25) is 5.91 Å². The van der Waals surface area contributed by atoms with Gasteiger partial charge in [0.05, 0.1) is 18.5 Å². The molecule has 4 aromatic rings. The van der Waals surface area contributed by atoms with E-state index < -0.39 is 17.6 Å². The fourth-order valence-electron chi connectivity index (χ4n) is 7.15. The molecule has 6 rings (SSSR count). The Morgan fingerprint density at radius 1 is 0.955 bits per heavy atom. The number of benzene rings is 2. The van der Waals surface area contributed by atoms with Crippen molar-refractivity contribution in [3.8, 4) is 5.75 Å². The van der Waals surface area contributed by atoms with Crippen molar-refractivity contribution in [2.24, 2.45) is 11.8 Å². The Bertz CT molecular complexity index is 1610. The highest BCUT2D eigenvalue weighted by molar-refractivity contribution is 5.96. The van der Waals surface area contributed by atoms with Gasteiger partial charge < -0.3 is 14.5 Å². The molecule has 1 aliphatic carbocycles. The van der Waals surface area contributed by atoms with Crippen molar-refractivity contribution in [2.75, 3.05) is 13.7 Å². The summed E-state index contributed by atoms with van der Waals surface area (Å²) in [6.45, 7) is 5.72. The Morgan fingerprint density at radius 3 is 2.39 bits per heavy atom. The van der Waals surface area contributed by atoms with Crippen molar-refractivity contribution < 1.29 is 19.1 Å².